The van der Waals surface area contributed by atoms with Gasteiger partial charge in [0.15, 0.2) is 0 Å². The Hall–Kier alpha value is -1.74. The van der Waals surface area contributed by atoms with Crippen molar-refractivity contribution in [2.75, 3.05) is 27.3 Å². The van der Waals surface area contributed by atoms with Crippen LogP contribution in [0.15, 0.2) is 57.9 Å². The molecule has 0 radical (unpaired) electrons. The quantitative estimate of drug-likeness (QED) is 0.640. The summed E-state index contributed by atoms with van der Waals surface area (Å²) in [6.07, 6.45) is 0. The Balaban J connectivity index is 2.04. The molecule has 0 atom stereocenters. The summed E-state index contributed by atoms with van der Waals surface area (Å²) in [5.41, 5.74) is 1.44. The van der Waals surface area contributed by atoms with E-state index < -0.39 is 10.0 Å². The molecule has 1 amide bonds. The van der Waals surface area contributed by atoms with Gasteiger partial charge in [-0.15, -0.1) is 0 Å². The maximum atomic E-state index is 12.5. The molecule has 0 unspecified atom stereocenters. The van der Waals surface area contributed by atoms with Gasteiger partial charge in [0, 0.05) is 37.3 Å². The van der Waals surface area contributed by atoms with Gasteiger partial charge in [-0.1, -0.05) is 28.1 Å². The Labute approximate surface area is 162 Å². The van der Waals surface area contributed by atoms with Crippen molar-refractivity contribution in [3.05, 3.63) is 64.1 Å². The van der Waals surface area contributed by atoms with E-state index in [-0.39, 0.29) is 24.0 Å². The fourth-order valence-corrected chi connectivity index (χ4v) is 3.57. The molecule has 0 aliphatic rings. The highest BCUT2D eigenvalue weighted by molar-refractivity contribution is 9.10. The second-order valence-electron chi connectivity index (χ2n) is 5.70. The highest BCUT2D eigenvalue weighted by Crippen LogP contribution is 2.15. The van der Waals surface area contributed by atoms with Crippen LogP contribution in [0.3, 0.4) is 0 Å². The van der Waals surface area contributed by atoms with E-state index in [1.165, 1.54) is 31.4 Å². The van der Waals surface area contributed by atoms with Crippen molar-refractivity contribution >= 4 is 31.9 Å². The van der Waals surface area contributed by atoms with Crippen LogP contribution in [0.5, 0.6) is 0 Å². The van der Waals surface area contributed by atoms with E-state index >= 15 is 0 Å². The summed E-state index contributed by atoms with van der Waals surface area (Å²) in [6, 6.07) is 13.6. The lowest BCUT2D eigenvalue weighted by Crippen LogP contribution is -2.28. The smallest absolute Gasteiger partial charge is 0.253 e. The zero-order valence-electron chi connectivity index (χ0n) is 14.6. The summed E-state index contributed by atoms with van der Waals surface area (Å²) in [7, 11) is -0.398. The summed E-state index contributed by atoms with van der Waals surface area (Å²) < 4.78 is 32.5. The van der Waals surface area contributed by atoms with Crippen LogP contribution in [0.2, 0.25) is 0 Å². The van der Waals surface area contributed by atoms with Crippen LogP contribution >= 0.6 is 15.9 Å². The zero-order valence-corrected chi connectivity index (χ0v) is 17.0. The van der Waals surface area contributed by atoms with Crippen molar-refractivity contribution in [3.63, 3.8) is 0 Å². The van der Waals surface area contributed by atoms with Gasteiger partial charge in [0.1, 0.15) is 0 Å². The Kier molecular flexibility index (Phi) is 7.33. The number of benzene rings is 2. The number of hydrogen-bond donors (Lipinski definition) is 1. The molecular weight excluding hydrogens is 420 g/mol. The maximum Gasteiger partial charge on any atom is 0.253 e. The largest absolute Gasteiger partial charge is 0.383 e. The minimum Gasteiger partial charge on any atom is -0.383 e. The predicted molar refractivity (Wildman–Crippen MR) is 103 cm³/mol. The fraction of sp³-hybridized carbons (Fsp3) is 0.278. The Morgan fingerprint density at radius 2 is 1.73 bits per heavy atom. The minimum absolute atomic E-state index is 0.112. The van der Waals surface area contributed by atoms with Gasteiger partial charge < -0.3 is 9.64 Å². The monoisotopic (exact) mass is 440 g/mol. The molecule has 26 heavy (non-hydrogen) atoms. The second kappa shape index (κ2) is 9.27. The molecule has 140 valence electrons. The molecule has 8 heteroatoms. The third kappa shape index (κ3) is 5.63. The number of carbonyl (C=O) groups is 1. The molecule has 0 aromatic heterocycles. The number of amides is 1. The van der Waals surface area contributed by atoms with Crippen LogP contribution < -0.4 is 4.72 Å². The molecule has 0 bridgehead atoms. The van der Waals surface area contributed by atoms with E-state index in [1.54, 1.807) is 11.9 Å². The van der Waals surface area contributed by atoms with E-state index in [0.717, 1.165) is 10.0 Å². The molecular formula is C18H21BrN2O4S. The summed E-state index contributed by atoms with van der Waals surface area (Å²) in [5, 5.41) is 0. The standard InChI is InChI=1S/C18H21BrN2O4S/c1-21(13-14-3-7-16(19)8-4-14)18(22)15-5-9-17(10-6-15)26(23,24)20-11-12-25-2/h3-10,20H,11-13H2,1-2H3. The number of nitrogens with one attached hydrogen (secondary N) is 1. The summed E-state index contributed by atoms with van der Waals surface area (Å²) in [6.45, 7) is 0.941. The average molecular weight is 441 g/mol. The number of halogens is 1. The van der Waals surface area contributed by atoms with Crippen LogP contribution in [0.4, 0.5) is 0 Å². The lowest BCUT2D eigenvalue weighted by atomic mass is 10.1. The Morgan fingerprint density at radius 3 is 2.31 bits per heavy atom. The van der Waals surface area contributed by atoms with E-state index in [9.17, 15) is 13.2 Å². The van der Waals surface area contributed by atoms with Crippen molar-refractivity contribution in [2.45, 2.75) is 11.4 Å². The van der Waals surface area contributed by atoms with E-state index in [4.69, 9.17) is 4.74 Å². The third-order valence-electron chi connectivity index (χ3n) is 3.69. The van der Waals surface area contributed by atoms with E-state index in [1.807, 2.05) is 24.3 Å². The molecule has 2 aromatic rings. The first-order chi connectivity index (χ1) is 12.3. The van der Waals surface area contributed by atoms with Crippen LogP contribution in [0, 0.1) is 0 Å². The molecule has 0 saturated heterocycles. The Bertz CT molecular complexity index is 836. The highest BCUT2D eigenvalue weighted by atomic mass is 79.9. The number of carbonyl (C=O) groups excluding carboxylic acids is 1. The molecule has 2 rings (SSSR count). The first-order valence-corrected chi connectivity index (χ1v) is 10.2. The van der Waals surface area contributed by atoms with Crippen molar-refractivity contribution in [1.82, 2.24) is 9.62 Å². The van der Waals surface area contributed by atoms with Crippen molar-refractivity contribution in [2.24, 2.45) is 0 Å². The van der Waals surface area contributed by atoms with Gasteiger partial charge in [-0.3, -0.25) is 4.79 Å². The lowest BCUT2D eigenvalue weighted by molar-refractivity contribution is 0.0785. The third-order valence-corrected chi connectivity index (χ3v) is 5.70. The van der Waals surface area contributed by atoms with Gasteiger partial charge in [0.25, 0.3) is 5.91 Å². The van der Waals surface area contributed by atoms with Crippen LogP contribution in [-0.4, -0.2) is 46.5 Å². The first kappa shape index (κ1) is 20.6. The predicted octanol–water partition coefficient (Wildman–Crippen LogP) is 2.65. The lowest BCUT2D eigenvalue weighted by Gasteiger charge is -2.17. The number of rotatable bonds is 8. The maximum absolute atomic E-state index is 12.5. The van der Waals surface area contributed by atoms with Gasteiger partial charge in [-0.05, 0) is 42.0 Å². The first-order valence-electron chi connectivity index (χ1n) is 7.92. The topological polar surface area (TPSA) is 75.7 Å². The minimum atomic E-state index is -3.61. The van der Waals surface area contributed by atoms with Gasteiger partial charge in [0.2, 0.25) is 10.0 Å². The number of methoxy groups -OCH3 is 1. The molecule has 0 aliphatic carbocycles. The number of hydrogen-bond acceptors (Lipinski definition) is 4. The normalized spacial score (nSPS) is 11.3. The van der Waals surface area contributed by atoms with Crippen molar-refractivity contribution < 1.29 is 17.9 Å². The SMILES string of the molecule is COCCNS(=O)(=O)c1ccc(C(=O)N(C)Cc2ccc(Br)cc2)cc1. The molecule has 1 N–H and O–H groups in total. The summed E-state index contributed by atoms with van der Waals surface area (Å²) in [5.74, 6) is -0.177. The van der Waals surface area contributed by atoms with Crippen LogP contribution in [0.25, 0.3) is 0 Å². The molecule has 0 aliphatic heterocycles. The van der Waals surface area contributed by atoms with Crippen molar-refractivity contribution in [1.29, 1.82) is 0 Å². The molecule has 6 nitrogen and oxygen atoms in total. The number of ether oxygens (including phenoxy) is 1. The second-order valence-corrected chi connectivity index (χ2v) is 8.39. The highest BCUT2D eigenvalue weighted by Gasteiger charge is 2.16. The van der Waals surface area contributed by atoms with E-state index in [2.05, 4.69) is 20.7 Å². The van der Waals surface area contributed by atoms with Crippen LogP contribution in [-0.2, 0) is 21.3 Å². The van der Waals surface area contributed by atoms with Gasteiger partial charge in [-0.2, -0.15) is 0 Å². The number of sulfonamides is 1. The van der Waals surface area contributed by atoms with Crippen molar-refractivity contribution in [3.8, 4) is 0 Å². The summed E-state index contributed by atoms with van der Waals surface area (Å²) in [4.78, 5) is 14.2. The molecule has 2 aromatic carbocycles. The average Bonchev–Trinajstić information content (AvgIpc) is 2.63. The Morgan fingerprint density at radius 1 is 1.12 bits per heavy atom. The molecule has 0 heterocycles. The van der Waals surface area contributed by atoms with Gasteiger partial charge >= 0.3 is 0 Å². The van der Waals surface area contributed by atoms with E-state index in [0.29, 0.717) is 12.1 Å². The summed E-state index contributed by atoms with van der Waals surface area (Å²) >= 11 is 3.38. The fourth-order valence-electron chi connectivity index (χ4n) is 2.29. The number of nitrogens with zero attached hydrogens (tertiary/aromatic N) is 1. The molecule has 0 saturated carbocycles. The van der Waals surface area contributed by atoms with Gasteiger partial charge in [0.05, 0.1) is 11.5 Å². The van der Waals surface area contributed by atoms with Gasteiger partial charge in [-0.25, -0.2) is 13.1 Å². The molecule has 0 spiro atoms. The molecule has 0 fully saturated rings. The zero-order chi connectivity index (χ0) is 19.2. The van der Waals surface area contributed by atoms with Crippen LogP contribution in [0.1, 0.15) is 15.9 Å².